The summed E-state index contributed by atoms with van der Waals surface area (Å²) in [5.41, 5.74) is 1.77. The summed E-state index contributed by atoms with van der Waals surface area (Å²) in [6.07, 6.45) is -1.64. The lowest BCUT2D eigenvalue weighted by Gasteiger charge is -2.17. The molecule has 0 bridgehead atoms. The standard InChI is InChI=1S/C16H16INO5S/c17-13-9-5-4-8-12(13)15-14(10-21-24(18,19)20)22-16(23-15)11-6-2-1-3-7-11/h1-9,14-16H,10H2,(H2,18,19,20). The van der Waals surface area contributed by atoms with Gasteiger partial charge in [-0.05, 0) is 34.2 Å². The van der Waals surface area contributed by atoms with Gasteiger partial charge in [0.1, 0.15) is 12.2 Å². The van der Waals surface area contributed by atoms with Gasteiger partial charge in [-0.25, -0.2) is 5.14 Å². The van der Waals surface area contributed by atoms with E-state index in [9.17, 15) is 8.42 Å². The van der Waals surface area contributed by atoms with E-state index in [2.05, 4.69) is 22.6 Å². The lowest BCUT2D eigenvalue weighted by molar-refractivity contribution is -0.0727. The first-order valence-electron chi connectivity index (χ1n) is 7.21. The second-order valence-corrected chi connectivity index (χ2v) is 7.66. The number of ether oxygens (including phenoxy) is 2. The van der Waals surface area contributed by atoms with E-state index in [-0.39, 0.29) is 6.61 Å². The van der Waals surface area contributed by atoms with Crippen molar-refractivity contribution in [2.24, 2.45) is 5.14 Å². The maximum Gasteiger partial charge on any atom is 0.333 e. The van der Waals surface area contributed by atoms with E-state index >= 15 is 0 Å². The molecule has 6 nitrogen and oxygen atoms in total. The highest BCUT2D eigenvalue weighted by Crippen LogP contribution is 2.41. The van der Waals surface area contributed by atoms with Gasteiger partial charge in [0.15, 0.2) is 6.29 Å². The molecule has 0 spiro atoms. The Morgan fingerprint density at radius 1 is 1.04 bits per heavy atom. The number of halogens is 1. The van der Waals surface area contributed by atoms with Gasteiger partial charge in [-0.15, -0.1) is 0 Å². The van der Waals surface area contributed by atoms with E-state index in [0.717, 1.165) is 14.7 Å². The lowest BCUT2D eigenvalue weighted by atomic mass is 10.1. The monoisotopic (exact) mass is 461 g/mol. The molecule has 3 atom stereocenters. The van der Waals surface area contributed by atoms with Gasteiger partial charge in [0.2, 0.25) is 0 Å². The predicted octanol–water partition coefficient (Wildman–Crippen LogP) is 2.67. The third-order valence-corrected chi connectivity index (χ3v) is 5.03. The summed E-state index contributed by atoms with van der Waals surface area (Å²) in [4.78, 5) is 0. The van der Waals surface area contributed by atoms with Crippen molar-refractivity contribution in [3.8, 4) is 0 Å². The normalized spacial score (nSPS) is 24.2. The van der Waals surface area contributed by atoms with E-state index in [1.807, 2.05) is 54.6 Å². The maximum absolute atomic E-state index is 11.1. The van der Waals surface area contributed by atoms with E-state index in [1.165, 1.54) is 0 Å². The highest BCUT2D eigenvalue weighted by Gasteiger charge is 2.39. The second kappa shape index (κ2) is 7.46. The van der Waals surface area contributed by atoms with Crippen LogP contribution >= 0.6 is 22.6 Å². The number of rotatable bonds is 5. The Morgan fingerprint density at radius 2 is 1.71 bits per heavy atom. The molecule has 1 saturated heterocycles. The van der Waals surface area contributed by atoms with Gasteiger partial charge >= 0.3 is 10.3 Å². The van der Waals surface area contributed by atoms with Crippen LogP contribution in [0.2, 0.25) is 0 Å². The molecule has 0 saturated carbocycles. The van der Waals surface area contributed by atoms with Crippen LogP contribution in [0.5, 0.6) is 0 Å². The summed E-state index contributed by atoms with van der Waals surface area (Å²) in [5, 5.41) is 4.93. The fraction of sp³-hybridized carbons (Fsp3) is 0.250. The van der Waals surface area contributed by atoms with Crippen molar-refractivity contribution >= 4 is 32.9 Å². The maximum atomic E-state index is 11.1. The van der Waals surface area contributed by atoms with Crippen LogP contribution in [-0.4, -0.2) is 21.1 Å². The second-order valence-electron chi connectivity index (χ2n) is 5.27. The minimum atomic E-state index is -4.05. The Morgan fingerprint density at radius 3 is 2.38 bits per heavy atom. The van der Waals surface area contributed by atoms with Crippen LogP contribution in [0.4, 0.5) is 0 Å². The van der Waals surface area contributed by atoms with Gasteiger partial charge < -0.3 is 9.47 Å². The van der Waals surface area contributed by atoms with Crippen LogP contribution in [0.25, 0.3) is 0 Å². The van der Waals surface area contributed by atoms with Gasteiger partial charge in [-0.1, -0.05) is 48.5 Å². The fourth-order valence-electron chi connectivity index (χ4n) is 2.52. The molecule has 0 aromatic heterocycles. The molecular formula is C16H16INO5S. The van der Waals surface area contributed by atoms with Crippen molar-refractivity contribution in [3.05, 3.63) is 69.3 Å². The molecule has 3 unspecified atom stereocenters. The zero-order valence-corrected chi connectivity index (χ0v) is 15.5. The predicted molar refractivity (Wildman–Crippen MR) is 96.1 cm³/mol. The summed E-state index contributed by atoms with van der Waals surface area (Å²) in [6, 6.07) is 17.1. The van der Waals surface area contributed by atoms with Crippen LogP contribution < -0.4 is 5.14 Å². The van der Waals surface area contributed by atoms with Crippen molar-refractivity contribution < 1.29 is 22.1 Å². The van der Waals surface area contributed by atoms with Crippen molar-refractivity contribution in [1.82, 2.24) is 0 Å². The van der Waals surface area contributed by atoms with E-state index in [4.69, 9.17) is 18.8 Å². The third kappa shape index (κ3) is 4.32. The first kappa shape index (κ1) is 17.8. The van der Waals surface area contributed by atoms with Crippen LogP contribution in [0.3, 0.4) is 0 Å². The summed E-state index contributed by atoms with van der Waals surface area (Å²) in [6.45, 7) is -0.211. The van der Waals surface area contributed by atoms with E-state index in [1.54, 1.807) is 0 Å². The number of nitrogens with two attached hydrogens (primary N) is 1. The highest BCUT2D eigenvalue weighted by molar-refractivity contribution is 14.1. The van der Waals surface area contributed by atoms with Gasteiger partial charge in [0.25, 0.3) is 0 Å². The summed E-state index contributed by atoms with van der Waals surface area (Å²) in [5.74, 6) is 0. The molecule has 1 heterocycles. The topological polar surface area (TPSA) is 87.9 Å². The molecule has 0 radical (unpaired) electrons. The van der Waals surface area contributed by atoms with Crippen molar-refractivity contribution in [3.63, 3.8) is 0 Å². The zero-order chi connectivity index (χ0) is 17.2. The van der Waals surface area contributed by atoms with Crippen LogP contribution in [-0.2, 0) is 24.0 Å². The number of hydrogen-bond acceptors (Lipinski definition) is 5. The number of hydrogen-bond donors (Lipinski definition) is 1. The molecule has 1 aliphatic rings. The quantitative estimate of drug-likeness (QED) is 0.692. The molecule has 24 heavy (non-hydrogen) atoms. The average molecular weight is 461 g/mol. The highest BCUT2D eigenvalue weighted by atomic mass is 127. The van der Waals surface area contributed by atoms with Crippen molar-refractivity contribution in [2.45, 2.75) is 18.5 Å². The Labute approximate surface area is 154 Å². The molecular weight excluding hydrogens is 445 g/mol. The first-order valence-corrected chi connectivity index (χ1v) is 9.76. The molecule has 2 N–H and O–H groups in total. The lowest BCUT2D eigenvalue weighted by Crippen LogP contribution is -2.27. The molecule has 3 rings (SSSR count). The van der Waals surface area contributed by atoms with E-state index in [0.29, 0.717) is 0 Å². The summed E-state index contributed by atoms with van der Waals surface area (Å²) >= 11 is 2.21. The molecule has 2 aromatic rings. The largest absolute Gasteiger partial charge is 0.340 e. The van der Waals surface area contributed by atoms with Crippen LogP contribution in [0.1, 0.15) is 23.5 Å². The SMILES string of the molecule is NS(=O)(=O)OCC1OC(c2ccccc2)OC1c1ccccc1I. The summed E-state index contributed by atoms with van der Waals surface area (Å²) < 4.78 is 39.9. The Kier molecular flexibility index (Phi) is 5.52. The molecule has 0 aliphatic carbocycles. The molecule has 1 aliphatic heterocycles. The fourth-order valence-corrected chi connectivity index (χ4v) is 3.54. The Hall–Kier alpha value is -1.04. The average Bonchev–Trinajstić information content (AvgIpc) is 2.98. The van der Waals surface area contributed by atoms with Crippen molar-refractivity contribution in [1.29, 1.82) is 0 Å². The first-order chi connectivity index (χ1) is 11.4. The molecule has 1 fully saturated rings. The van der Waals surface area contributed by atoms with E-state index < -0.39 is 28.8 Å². The minimum Gasteiger partial charge on any atom is -0.340 e. The molecule has 2 aromatic carbocycles. The minimum absolute atomic E-state index is 0.211. The van der Waals surface area contributed by atoms with Crippen LogP contribution in [0, 0.1) is 3.57 Å². The zero-order valence-electron chi connectivity index (χ0n) is 12.5. The molecule has 0 amide bonds. The summed E-state index contributed by atoms with van der Waals surface area (Å²) in [7, 11) is -4.05. The van der Waals surface area contributed by atoms with Gasteiger partial charge in [-0.3, -0.25) is 4.18 Å². The number of benzene rings is 2. The van der Waals surface area contributed by atoms with Gasteiger partial charge in [-0.2, -0.15) is 8.42 Å². The Bertz CT molecular complexity index is 799. The Balaban J connectivity index is 1.86. The van der Waals surface area contributed by atoms with Gasteiger partial charge in [0, 0.05) is 9.13 Å². The van der Waals surface area contributed by atoms with Crippen molar-refractivity contribution in [2.75, 3.05) is 6.61 Å². The molecule has 128 valence electrons. The van der Waals surface area contributed by atoms with Gasteiger partial charge in [0.05, 0.1) is 6.61 Å². The molecule has 8 heteroatoms. The van der Waals surface area contributed by atoms with Crippen LogP contribution in [0.15, 0.2) is 54.6 Å². The smallest absolute Gasteiger partial charge is 0.333 e. The third-order valence-electron chi connectivity index (χ3n) is 3.59.